The van der Waals surface area contributed by atoms with Gasteiger partial charge >= 0.3 is 5.69 Å². The number of benzene rings is 2. The smallest absolute Gasteiger partial charge is 0.298 e. The molecular formula is C21H19FN6O2. The van der Waals surface area contributed by atoms with E-state index < -0.39 is 11.2 Å². The number of halogens is 1. The SMILES string of the molecule is Cc1cccc(Cn2c(NN=Cc3ccc(F)cc3)nc3c2c(=O)[nH]c(=O)n3C)c1. The molecule has 2 N–H and O–H groups in total. The van der Waals surface area contributed by atoms with Crippen LogP contribution < -0.4 is 16.7 Å². The molecule has 0 atom stereocenters. The predicted octanol–water partition coefficient (Wildman–Crippen LogP) is 2.37. The molecule has 0 bridgehead atoms. The third-order valence-electron chi connectivity index (χ3n) is 4.68. The lowest BCUT2D eigenvalue weighted by molar-refractivity contribution is 0.628. The molecule has 0 radical (unpaired) electrons. The monoisotopic (exact) mass is 406 g/mol. The molecule has 0 fully saturated rings. The molecule has 0 aliphatic rings. The molecule has 8 nitrogen and oxygen atoms in total. The number of aryl methyl sites for hydroxylation is 2. The zero-order chi connectivity index (χ0) is 21.3. The van der Waals surface area contributed by atoms with Crippen molar-refractivity contribution in [3.63, 3.8) is 0 Å². The van der Waals surface area contributed by atoms with Crippen molar-refractivity contribution in [1.29, 1.82) is 0 Å². The second kappa shape index (κ2) is 7.78. The average Bonchev–Trinajstić information content (AvgIpc) is 3.07. The molecule has 0 saturated heterocycles. The Balaban J connectivity index is 1.78. The number of nitrogens with one attached hydrogen (secondary N) is 2. The maximum Gasteiger partial charge on any atom is 0.329 e. The molecule has 0 aliphatic heterocycles. The van der Waals surface area contributed by atoms with Gasteiger partial charge in [-0.2, -0.15) is 10.1 Å². The van der Waals surface area contributed by atoms with E-state index in [9.17, 15) is 14.0 Å². The van der Waals surface area contributed by atoms with Gasteiger partial charge in [-0.3, -0.25) is 18.9 Å². The van der Waals surface area contributed by atoms with Crippen molar-refractivity contribution < 1.29 is 4.39 Å². The molecule has 4 rings (SSSR count). The zero-order valence-corrected chi connectivity index (χ0v) is 16.4. The lowest BCUT2D eigenvalue weighted by atomic mass is 10.1. The molecule has 30 heavy (non-hydrogen) atoms. The minimum Gasteiger partial charge on any atom is -0.298 e. The van der Waals surface area contributed by atoms with Crippen LogP contribution in [0.25, 0.3) is 11.2 Å². The van der Waals surface area contributed by atoms with Crippen LogP contribution in [-0.2, 0) is 13.6 Å². The molecule has 0 aliphatic carbocycles. The summed E-state index contributed by atoms with van der Waals surface area (Å²) in [7, 11) is 1.54. The van der Waals surface area contributed by atoms with Gasteiger partial charge in [-0.15, -0.1) is 0 Å². The van der Waals surface area contributed by atoms with Gasteiger partial charge in [0, 0.05) is 7.05 Å². The van der Waals surface area contributed by atoms with E-state index in [4.69, 9.17) is 0 Å². The number of aromatic nitrogens is 4. The fourth-order valence-electron chi connectivity index (χ4n) is 3.18. The van der Waals surface area contributed by atoms with E-state index in [1.807, 2.05) is 31.2 Å². The van der Waals surface area contributed by atoms with Crippen LogP contribution >= 0.6 is 0 Å². The molecule has 4 aromatic rings. The number of hydrogen-bond donors (Lipinski definition) is 2. The average molecular weight is 406 g/mol. The van der Waals surface area contributed by atoms with Crippen LogP contribution in [0.5, 0.6) is 0 Å². The summed E-state index contributed by atoms with van der Waals surface area (Å²) in [6.45, 7) is 2.34. The second-order valence-electron chi connectivity index (χ2n) is 6.92. The van der Waals surface area contributed by atoms with Gasteiger partial charge in [0.05, 0.1) is 12.8 Å². The Morgan fingerprint density at radius 1 is 1.20 bits per heavy atom. The van der Waals surface area contributed by atoms with Crippen molar-refractivity contribution in [2.45, 2.75) is 13.5 Å². The van der Waals surface area contributed by atoms with Crippen molar-refractivity contribution in [2.24, 2.45) is 12.1 Å². The van der Waals surface area contributed by atoms with Gasteiger partial charge < -0.3 is 0 Å². The van der Waals surface area contributed by atoms with Gasteiger partial charge in [0.25, 0.3) is 5.56 Å². The molecule has 0 amide bonds. The summed E-state index contributed by atoms with van der Waals surface area (Å²) in [5.41, 5.74) is 5.01. The largest absolute Gasteiger partial charge is 0.329 e. The van der Waals surface area contributed by atoms with Gasteiger partial charge in [0.2, 0.25) is 5.95 Å². The fourth-order valence-corrected chi connectivity index (χ4v) is 3.18. The van der Waals surface area contributed by atoms with Crippen molar-refractivity contribution in [1.82, 2.24) is 19.1 Å². The molecule has 0 unspecified atom stereocenters. The molecule has 152 valence electrons. The van der Waals surface area contributed by atoms with Crippen molar-refractivity contribution >= 4 is 23.3 Å². The minimum absolute atomic E-state index is 0.246. The normalized spacial score (nSPS) is 11.4. The summed E-state index contributed by atoms with van der Waals surface area (Å²) in [6, 6.07) is 13.7. The number of hydrogen-bond acceptors (Lipinski definition) is 5. The number of nitrogens with zero attached hydrogens (tertiary/aromatic N) is 4. The number of anilines is 1. The lowest BCUT2D eigenvalue weighted by Gasteiger charge is -2.09. The molecule has 2 aromatic carbocycles. The Morgan fingerprint density at radius 3 is 2.70 bits per heavy atom. The first-order valence-electron chi connectivity index (χ1n) is 9.22. The number of rotatable bonds is 5. The highest BCUT2D eigenvalue weighted by Crippen LogP contribution is 2.18. The number of imidazole rings is 1. The van der Waals surface area contributed by atoms with Gasteiger partial charge in [0.1, 0.15) is 5.82 Å². The minimum atomic E-state index is -0.547. The lowest BCUT2D eigenvalue weighted by Crippen LogP contribution is -2.29. The number of H-pyrrole nitrogens is 1. The van der Waals surface area contributed by atoms with E-state index in [2.05, 4.69) is 20.5 Å². The molecule has 9 heteroatoms. The summed E-state index contributed by atoms with van der Waals surface area (Å²) in [5, 5.41) is 4.16. The Hall–Kier alpha value is -4.01. The summed E-state index contributed by atoms with van der Waals surface area (Å²) in [4.78, 5) is 31.2. The highest BCUT2D eigenvalue weighted by Gasteiger charge is 2.17. The van der Waals surface area contributed by atoms with E-state index in [0.29, 0.717) is 18.1 Å². The highest BCUT2D eigenvalue weighted by molar-refractivity contribution is 5.80. The Morgan fingerprint density at radius 2 is 1.97 bits per heavy atom. The van der Waals surface area contributed by atoms with Crippen LogP contribution in [0.3, 0.4) is 0 Å². The third-order valence-corrected chi connectivity index (χ3v) is 4.68. The van der Waals surface area contributed by atoms with Crippen LogP contribution in [0.2, 0.25) is 0 Å². The molecule has 2 aromatic heterocycles. The van der Waals surface area contributed by atoms with Crippen LogP contribution in [0.15, 0.2) is 63.2 Å². The number of fused-ring (bicyclic) bond motifs is 1. The summed E-state index contributed by atoms with van der Waals surface area (Å²) in [5.74, 6) is -0.0308. The van der Waals surface area contributed by atoms with E-state index in [0.717, 1.165) is 11.1 Å². The maximum atomic E-state index is 13.1. The van der Waals surface area contributed by atoms with E-state index in [1.165, 1.54) is 30.0 Å². The topological polar surface area (TPSA) is 97.1 Å². The maximum absolute atomic E-state index is 13.1. The summed E-state index contributed by atoms with van der Waals surface area (Å²) < 4.78 is 16.0. The number of aromatic amines is 1. The first kappa shape index (κ1) is 19.3. The molecule has 0 saturated carbocycles. The Kier molecular flexibility index (Phi) is 5.01. The van der Waals surface area contributed by atoms with Crippen LogP contribution in [0.4, 0.5) is 10.3 Å². The summed E-state index contributed by atoms with van der Waals surface area (Å²) >= 11 is 0. The standard InChI is InChI=1S/C21H19FN6O2/c1-13-4-3-5-15(10-13)12-28-17-18(27(2)21(30)25-19(17)29)24-20(28)26-23-11-14-6-8-16(22)9-7-14/h3-11H,12H2,1-2H3,(H,24,26)(H,25,29,30). The van der Waals surface area contributed by atoms with Gasteiger partial charge in [0.15, 0.2) is 11.2 Å². The quantitative estimate of drug-likeness (QED) is 0.393. The highest BCUT2D eigenvalue weighted by atomic mass is 19.1. The predicted molar refractivity (Wildman–Crippen MR) is 113 cm³/mol. The van der Waals surface area contributed by atoms with Crippen molar-refractivity contribution in [2.75, 3.05) is 5.43 Å². The molecular weight excluding hydrogens is 387 g/mol. The van der Waals surface area contributed by atoms with Crippen LogP contribution in [0.1, 0.15) is 16.7 Å². The first-order chi connectivity index (χ1) is 14.4. The van der Waals surface area contributed by atoms with Crippen molar-refractivity contribution in [3.8, 4) is 0 Å². The summed E-state index contributed by atoms with van der Waals surface area (Å²) in [6.07, 6.45) is 1.51. The van der Waals surface area contributed by atoms with Crippen LogP contribution in [-0.4, -0.2) is 25.3 Å². The van der Waals surface area contributed by atoms with E-state index in [-0.39, 0.29) is 17.0 Å². The van der Waals surface area contributed by atoms with Gasteiger partial charge in [-0.1, -0.05) is 42.0 Å². The van der Waals surface area contributed by atoms with E-state index in [1.54, 1.807) is 16.7 Å². The third kappa shape index (κ3) is 3.77. The van der Waals surface area contributed by atoms with Crippen LogP contribution in [0, 0.1) is 12.7 Å². The van der Waals surface area contributed by atoms with Gasteiger partial charge in [-0.25, -0.2) is 14.6 Å². The van der Waals surface area contributed by atoms with E-state index >= 15 is 0 Å². The molecule has 0 spiro atoms. The number of hydrazone groups is 1. The zero-order valence-electron chi connectivity index (χ0n) is 16.4. The van der Waals surface area contributed by atoms with Gasteiger partial charge in [-0.05, 0) is 30.2 Å². The first-order valence-corrected chi connectivity index (χ1v) is 9.22. The Bertz CT molecular complexity index is 1370. The molecule has 2 heterocycles. The fraction of sp³-hybridized carbons (Fsp3) is 0.143. The Labute approximate surface area is 170 Å². The van der Waals surface area contributed by atoms with Crippen molar-refractivity contribution in [3.05, 3.63) is 91.9 Å². The second-order valence-corrected chi connectivity index (χ2v) is 6.92.